The summed E-state index contributed by atoms with van der Waals surface area (Å²) < 4.78 is 4.77. The Labute approximate surface area is 88.5 Å². The molecule has 1 aromatic rings. The predicted octanol–water partition coefficient (Wildman–Crippen LogP) is 1.89. The van der Waals surface area contributed by atoms with Crippen LogP contribution >= 0.6 is 0 Å². The van der Waals surface area contributed by atoms with Gasteiger partial charge in [0.05, 0.1) is 0 Å². The number of nitrogens with one attached hydrogen (secondary N) is 1. The normalized spacial score (nSPS) is 10.8. The van der Waals surface area contributed by atoms with E-state index in [9.17, 15) is 4.79 Å². The zero-order valence-corrected chi connectivity index (χ0v) is 8.99. The van der Waals surface area contributed by atoms with E-state index >= 15 is 0 Å². The van der Waals surface area contributed by atoms with Crippen molar-refractivity contribution in [3.63, 3.8) is 0 Å². The van der Waals surface area contributed by atoms with Gasteiger partial charge in [-0.15, -0.1) is 0 Å². The molecule has 1 rings (SSSR count). The molecule has 1 N–H and O–H groups in total. The molecule has 5 heteroatoms. The first-order chi connectivity index (χ1) is 7.24. The molecule has 1 aromatic heterocycles. The van der Waals surface area contributed by atoms with Crippen LogP contribution < -0.4 is 5.43 Å². The number of carbonyl (C=O) groups is 1. The van der Waals surface area contributed by atoms with Crippen LogP contribution in [0, 0.1) is 6.92 Å². The highest BCUT2D eigenvalue weighted by Gasteiger charge is 2.08. The maximum atomic E-state index is 11.3. The lowest BCUT2D eigenvalue weighted by Gasteiger charge is -1.93. The third kappa shape index (κ3) is 3.93. The molecule has 0 fully saturated rings. The standard InChI is InChI=1S/C10H15N3O2/c1-3-4-5-6-11-12-10(14)9-7-8(2)15-13-9/h6-7H,3-5H2,1-2H3,(H,12,14). The Balaban J connectivity index is 2.33. The van der Waals surface area contributed by atoms with Crippen LogP contribution in [0.5, 0.6) is 0 Å². The molecule has 0 spiro atoms. The molecule has 0 radical (unpaired) electrons. The van der Waals surface area contributed by atoms with Crippen LogP contribution in [0.4, 0.5) is 0 Å². The molecule has 0 saturated carbocycles. The van der Waals surface area contributed by atoms with Gasteiger partial charge < -0.3 is 4.52 Å². The Bertz CT molecular complexity index is 344. The maximum absolute atomic E-state index is 11.3. The lowest BCUT2D eigenvalue weighted by atomic mass is 10.3. The van der Waals surface area contributed by atoms with E-state index in [0.29, 0.717) is 5.76 Å². The molecular weight excluding hydrogens is 194 g/mol. The first-order valence-corrected chi connectivity index (χ1v) is 4.99. The summed E-state index contributed by atoms with van der Waals surface area (Å²) in [6.07, 6.45) is 4.74. The average Bonchev–Trinajstić information content (AvgIpc) is 2.64. The summed E-state index contributed by atoms with van der Waals surface area (Å²) in [7, 11) is 0. The van der Waals surface area contributed by atoms with Crippen LogP contribution in [0.1, 0.15) is 42.4 Å². The van der Waals surface area contributed by atoms with Crippen LogP contribution in [-0.2, 0) is 0 Å². The van der Waals surface area contributed by atoms with Crippen molar-refractivity contribution in [2.75, 3.05) is 0 Å². The number of unbranched alkanes of at least 4 members (excludes halogenated alkanes) is 2. The van der Waals surface area contributed by atoms with Crippen molar-refractivity contribution < 1.29 is 9.32 Å². The predicted molar refractivity (Wildman–Crippen MR) is 56.7 cm³/mol. The SMILES string of the molecule is CCCCC=NNC(=O)c1cc(C)on1. The van der Waals surface area contributed by atoms with Gasteiger partial charge >= 0.3 is 0 Å². The fourth-order valence-electron chi connectivity index (χ4n) is 0.995. The largest absolute Gasteiger partial charge is 0.361 e. The van der Waals surface area contributed by atoms with Crippen molar-refractivity contribution >= 4 is 12.1 Å². The summed E-state index contributed by atoms with van der Waals surface area (Å²) in [5.74, 6) is 0.259. The summed E-state index contributed by atoms with van der Waals surface area (Å²) in [4.78, 5) is 11.3. The van der Waals surface area contributed by atoms with E-state index in [4.69, 9.17) is 4.52 Å². The van der Waals surface area contributed by atoms with E-state index in [1.807, 2.05) is 0 Å². The van der Waals surface area contributed by atoms with Gasteiger partial charge in [0.25, 0.3) is 5.91 Å². The Morgan fingerprint density at radius 2 is 2.53 bits per heavy atom. The van der Waals surface area contributed by atoms with Crippen molar-refractivity contribution in [1.82, 2.24) is 10.6 Å². The van der Waals surface area contributed by atoms with Gasteiger partial charge in [0, 0.05) is 12.3 Å². The highest BCUT2D eigenvalue weighted by Crippen LogP contribution is 2.00. The summed E-state index contributed by atoms with van der Waals surface area (Å²) >= 11 is 0. The average molecular weight is 209 g/mol. The summed E-state index contributed by atoms with van der Waals surface area (Å²) in [6, 6.07) is 1.57. The number of rotatable bonds is 5. The van der Waals surface area contributed by atoms with Crippen molar-refractivity contribution in [2.45, 2.75) is 33.1 Å². The van der Waals surface area contributed by atoms with E-state index in [1.165, 1.54) is 0 Å². The summed E-state index contributed by atoms with van der Waals surface area (Å²) in [6.45, 7) is 3.83. The zero-order chi connectivity index (χ0) is 11.1. The van der Waals surface area contributed by atoms with Crippen molar-refractivity contribution in [3.05, 3.63) is 17.5 Å². The number of carbonyl (C=O) groups excluding carboxylic acids is 1. The molecular formula is C10H15N3O2. The first-order valence-electron chi connectivity index (χ1n) is 4.99. The highest BCUT2D eigenvalue weighted by atomic mass is 16.5. The fourth-order valence-corrected chi connectivity index (χ4v) is 0.995. The minimum absolute atomic E-state index is 0.250. The van der Waals surface area contributed by atoms with Crippen LogP contribution in [0.3, 0.4) is 0 Å². The van der Waals surface area contributed by atoms with Gasteiger partial charge in [0.1, 0.15) is 5.76 Å². The van der Waals surface area contributed by atoms with Crippen molar-refractivity contribution in [3.8, 4) is 0 Å². The molecule has 82 valence electrons. The number of hydrogen-bond donors (Lipinski definition) is 1. The third-order valence-corrected chi connectivity index (χ3v) is 1.80. The van der Waals surface area contributed by atoms with Gasteiger partial charge in [-0.2, -0.15) is 5.10 Å². The van der Waals surface area contributed by atoms with Gasteiger partial charge in [-0.05, 0) is 19.8 Å². The minimum Gasteiger partial charge on any atom is -0.361 e. The number of aromatic nitrogens is 1. The molecule has 1 heterocycles. The van der Waals surface area contributed by atoms with Gasteiger partial charge in [-0.25, -0.2) is 5.43 Å². The molecule has 0 saturated heterocycles. The number of amides is 1. The third-order valence-electron chi connectivity index (χ3n) is 1.80. The molecule has 0 bridgehead atoms. The van der Waals surface area contributed by atoms with E-state index in [-0.39, 0.29) is 11.6 Å². The van der Waals surface area contributed by atoms with E-state index in [0.717, 1.165) is 19.3 Å². The molecule has 5 nitrogen and oxygen atoms in total. The number of nitrogens with zero attached hydrogens (tertiary/aromatic N) is 2. The second-order valence-electron chi connectivity index (χ2n) is 3.22. The number of hydrogen-bond acceptors (Lipinski definition) is 4. The quantitative estimate of drug-likeness (QED) is 0.457. The fraction of sp³-hybridized carbons (Fsp3) is 0.500. The Morgan fingerprint density at radius 3 is 3.13 bits per heavy atom. The van der Waals surface area contributed by atoms with Crippen LogP contribution in [0.25, 0.3) is 0 Å². The Hall–Kier alpha value is -1.65. The van der Waals surface area contributed by atoms with Crippen molar-refractivity contribution in [2.24, 2.45) is 5.10 Å². The molecule has 0 aliphatic rings. The molecule has 0 aliphatic carbocycles. The zero-order valence-electron chi connectivity index (χ0n) is 8.99. The molecule has 1 amide bonds. The lowest BCUT2D eigenvalue weighted by Crippen LogP contribution is -2.17. The molecule has 0 aliphatic heterocycles. The lowest BCUT2D eigenvalue weighted by molar-refractivity contribution is 0.0946. The maximum Gasteiger partial charge on any atom is 0.293 e. The smallest absolute Gasteiger partial charge is 0.293 e. The Morgan fingerprint density at radius 1 is 1.73 bits per heavy atom. The summed E-state index contributed by atoms with van der Waals surface area (Å²) in [5.41, 5.74) is 2.63. The van der Waals surface area contributed by atoms with Gasteiger partial charge in [-0.1, -0.05) is 18.5 Å². The van der Waals surface area contributed by atoms with Crippen LogP contribution in [0.15, 0.2) is 15.7 Å². The molecule has 0 aromatic carbocycles. The van der Waals surface area contributed by atoms with E-state index < -0.39 is 0 Å². The highest BCUT2D eigenvalue weighted by molar-refractivity contribution is 5.92. The van der Waals surface area contributed by atoms with E-state index in [2.05, 4.69) is 22.6 Å². The van der Waals surface area contributed by atoms with E-state index in [1.54, 1.807) is 19.2 Å². The van der Waals surface area contributed by atoms with Crippen molar-refractivity contribution in [1.29, 1.82) is 0 Å². The second kappa shape index (κ2) is 5.95. The van der Waals surface area contributed by atoms with Gasteiger partial charge in [0.15, 0.2) is 5.69 Å². The van der Waals surface area contributed by atoms with Crippen LogP contribution in [0.2, 0.25) is 0 Å². The first kappa shape index (κ1) is 11.4. The number of hydrazone groups is 1. The minimum atomic E-state index is -0.348. The molecule has 0 unspecified atom stereocenters. The number of aryl methyl sites for hydroxylation is 1. The van der Waals surface area contributed by atoms with Gasteiger partial charge in [-0.3, -0.25) is 4.79 Å². The Kier molecular flexibility index (Phi) is 4.53. The summed E-state index contributed by atoms with van der Waals surface area (Å²) in [5, 5.41) is 7.36. The van der Waals surface area contributed by atoms with Crippen LogP contribution in [-0.4, -0.2) is 17.3 Å². The monoisotopic (exact) mass is 209 g/mol. The molecule has 0 atom stereocenters. The second-order valence-corrected chi connectivity index (χ2v) is 3.22. The topological polar surface area (TPSA) is 67.5 Å². The van der Waals surface area contributed by atoms with Gasteiger partial charge in [0.2, 0.25) is 0 Å². The molecule has 15 heavy (non-hydrogen) atoms.